The number of rotatable bonds is 1. The molecule has 0 aliphatic heterocycles. The molecule has 2 aromatic carbocycles. The van der Waals surface area contributed by atoms with Gasteiger partial charge in [0, 0.05) is 5.56 Å². The zero-order valence-electron chi connectivity index (χ0n) is 9.23. The minimum atomic E-state index is -0.129. The standard InChI is InChI=1S/C14H10O3/c1-17-8-5-6-10-11(7-8)9-3-2-4-12(15)13(9)14(10)16/h2-7,15H,1H3. The summed E-state index contributed by atoms with van der Waals surface area (Å²) in [6.07, 6.45) is 0. The molecule has 0 heterocycles. The molecule has 1 aliphatic rings. The molecule has 1 aliphatic carbocycles. The third kappa shape index (κ3) is 1.25. The van der Waals surface area contributed by atoms with Gasteiger partial charge in [0.15, 0.2) is 5.78 Å². The number of aromatic hydroxyl groups is 1. The van der Waals surface area contributed by atoms with Crippen molar-refractivity contribution >= 4 is 5.78 Å². The van der Waals surface area contributed by atoms with Gasteiger partial charge in [-0.05, 0) is 35.4 Å². The first kappa shape index (κ1) is 9.90. The van der Waals surface area contributed by atoms with Crippen LogP contribution in [0.2, 0.25) is 0 Å². The minimum Gasteiger partial charge on any atom is -0.507 e. The summed E-state index contributed by atoms with van der Waals surface area (Å²) < 4.78 is 5.15. The van der Waals surface area contributed by atoms with Gasteiger partial charge in [-0.3, -0.25) is 4.79 Å². The largest absolute Gasteiger partial charge is 0.507 e. The molecule has 0 unspecified atom stereocenters. The van der Waals surface area contributed by atoms with Gasteiger partial charge in [-0.2, -0.15) is 0 Å². The number of carbonyl (C=O) groups excluding carboxylic acids is 1. The Bertz CT molecular complexity index is 629. The number of carbonyl (C=O) groups is 1. The van der Waals surface area contributed by atoms with Gasteiger partial charge in [0.05, 0.1) is 12.7 Å². The normalized spacial score (nSPS) is 12.2. The molecule has 0 fully saturated rings. The van der Waals surface area contributed by atoms with E-state index in [1.807, 2.05) is 12.1 Å². The highest BCUT2D eigenvalue weighted by atomic mass is 16.5. The summed E-state index contributed by atoms with van der Waals surface area (Å²) in [5, 5.41) is 9.75. The number of fused-ring (bicyclic) bond motifs is 3. The van der Waals surface area contributed by atoms with Crippen LogP contribution in [-0.2, 0) is 0 Å². The minimum absolute atomic E-state index is 0.0302. The molecule has 3 heteroatoms. The van der Waals surface area contributed by atoms with Crippen molar-refractivity contribution in [3.05, 3.63) is 47.5 Å². The van der Waals surface area contributed by atoms with Crippen LogP contribution in [0, 0.1) is 0 Å². The van der Waals surface area contributed by atoms with Gasteiger partial charge in [-0.25, -0.2) is 0 Å². The first-order valence-electron chi connectivity index (χ1n) is 5.27. The van der Waals surface area contributed by atoms with Crippen molar-refractivity contribution in [1.29, 1.82) is 0 Å². The summed E-state index contributed by atoms with van der Waals surface area (Å²) in [5.74, 6) is 0.603. The van der Waals surface area contributed by atoms with E-state index in [0.29, 0.717) is 16.9 Å². The zero-order valence-corrected chi connectivity index (χ0v) is 9.23. The fourth-order valence-electron chi connectivity index (χ4n) is 2.21. The lowest BCUT2D eigenvalue weighted by molar-refractivity contribution is 0.104. The Kier molecular flexibility index (Phi) is 1.95. The van der Waals surface area contributed by atoms with E-state index in [4.69, 9.17) is 4.74 Å². The van der Waals surface area contributed by atoms with E-state index < -0.39 is 0 Å². The molecule has 0 atom stereocenters. The highest BCUT2D eigenvalue weighted by Crippen LogP contribution is 2.41. The van der Waals surface area contributed by atoms with Crippen LogP contribution in [0.1, 0.15) is 15.9 Å². The van der Waals surface area contributed by atoms with E-state index in [0.717, 1.165) is 11.1 Å². The van der Waals surface area contributed by atoms with Crippen LogP contribution in [0.25, 0.3) is 11.1 Å². The molecule has 1 N–H and O–H groups in total. The van der Waals surface area contributed by atoms with Crippen molar-refractivity contribution < 1.29 is 14.6 Å². The van der Waals surface area contributed by atoms with Crippen molar-refractivity contribution in [3.8, 4) is 22.6 Å². The number of phenols is 1. The van der Waals surface area contributed by atoms with Gasteiger partial charge in [0.2, 0.25) is 0 Å². The second-order valence-electron chi connectivity index (χ2n) is 3.94. The fourth-order valence-corrected chi connectivity index (χ4v) is 2.21. The Morgan fingerprint density at radius 1 is 1.06 bits per heavy atom. The third-order valence-electron chi connectivity index (χ3n) is 3.03. The van der Waals surface area contributed by atoms with Crippen LogP contribution in [0.3, 0.4) is 0 Å². The lowest BCUT2D eigenvalue weighted by Gasteiger charge is -2.03. The monoisotopic (exact) mass is 226 g/mol. The van der Waals surface area contributed by atoms with E-state index in [-0.39, 0.29) is 11.5 Å². The number of phenolic OH excluding ortho intramolecular Hbond substituents is 1. The predicted octanol–water partition coefficient (Wildman–Crippen LogP) is 2.61. The van der Waals surface area contributed by atoms with Gasteiger partial charge in [-0.1, -0.05) is 12.1 Å². The quantitative estimate of drug-likeness (QED) is 0.693. The molecule has 17 heavy (non-hydrogen) atoms. The number of ketones is 1. The Balaban J connectivity index is 2.33. The fraction of sp³-hybridized carbons (Fsp3) is 0.0714. The number of methoxy groups -OCH3 is 1. The lowest BCUT2D eigenvalue weighted by atomic mass is 10.1. The molecule has 84 valence electrons. The van der Waals surface area contributed by atoms with Gasteiger partial charge >= 0.3 is 0 Å². The maximum absolute atomic E-state index is 12.1. The van der Waals surface area contributed by atoms with Crippen molar-refractivity contribution in [3.63, 3.8) is 0 Å². The molecule has 0 radical (unpaired) electrons. The smallest absolute Gasteiger partial charge is 0.198 e. The van der Waals surface area contributed by atoms with Crippen molar-refractivity contribution in [1.82, 2.24) is 0 Å². The second-order valence-corrected chi connectivity index (χ2v) is 3.94. The Morgan fingerprint density at radius 3 is 2.65 bits per heavy atom. The zero-order chi connectivity index (χ0) is 12.0. The van der Waals surface area contributed by atoms with E-state index in [1.165, 1.54) is 6.07 Å². The molecular formula is C14H10O3. The summed E-state index contributed by atoms with van der Waals surface area (Å²) in [7, 11) is 1.59. The van der Waals surface area contributed by atoms with E-state index >= 15 is 0 Å². The number of hydrogen-bond acceptors (Lipinski definition) is 3. The topological polar surface area (TPSA) is 46.5 Å². The van der Waals surface area contributed by atoms with Crippen molar-refractivity contribution in [2.24, 2.45) is 0 Å². The lowest BCUT2D eigenvalue weighted by Crippen LogP contribution is -1.95. The number of ether oxygens (including phenoxy) is 1. The second kappa shape index (κ2) is 3.35. The first-order valence-corrected chi connectivity index (χ1v) is 5.27. The molecule has 3 rings (SSSR count). The van der Waals surface area contributed by atoms with Crippen LogP contribution < -0.4 is 4.74 Å². The average molecular weight is 226 g/mol. The van der Waals surface area contributed by atoms with Crippen LogP contribution in [0.4, 0.5) is 0 Å². The molecular weight excluding hydrogens is 216 g/mol. The third-order valence-corrected chi connectivity index (χ3v) is 3.03. The summed E-state index contributed by atoms with van der Waals surface area (Å²) in [6.45, 7) is 0. The molecule has 0 saturated heterocycles. The first-order chi connectivity index (χ1) is 8.22. The SMILES string of the molecule is COc1ccc2c(c1)-c1cccc(O)c1C2=O. The molecule has 0 spiro atoms. The van der Waals surface area contributed by atoms with Crippen molar-refractivity contribution in [2.75, 3.05) is 7.11 Å². The van der Waals surface area contributed by atoms with E-state index in [1.54, 1.807) is 25.3 Å². The van der Waals surface area contributed by atoms with Crippen LogP contribution in [0.15, 0.2) is 36.4 Å². The summed E-state index contributed by atoms with van der Waals surface area (Å²) in [5.41, 5.74) is 2.59. The van der Waals surface area contributed by atoms with E-state index in [9.17, 15) is 9.90 Å². The van der Waals surface area contributed by atoms with Gasteiger partial charge in [0.1, 0.15) is 11.5 Å². The van der Waals surface area contributed by atoms with Gasteiger partial charge in [-0.15, -0.1) is 0 Å². The average Bonchev–Trinajstić information content (AvgIpc) is 2.64. The summed E-state index contributed by atoms with van der Waals surface area (Å²) >= 11 is 0. The molecule has 0 saturated carbocycles. The van der Waals surface area contributed by atoms with E-state index in [2.05, 4.69) is 0 Å². The number of benzene rings is 2. The molecule has 3 nitrogen and oxygen atoms in total. The maximum atomic E-state index is 12.1. The Labute approximate surface area is 98.3 Å². The predicted molar refractivity (Wildman–Crippen MR) is 63.5 cm³/mol. The molecule has 0 bridgehead atoms. The highest BCUT2D eigenvalue weighted by molar-refractivity contribution is 6.23. The van der Waals surface area contributed by atoms with Gasteiger partial charge in [0.25, 0.3) is 0 Å². The summed E-state index contributed by atoms with van der Waals surface area (Å²) in [4.78, 5) is 12.1. The molecule has 0 aromatic heterocycles. The Morgan fingerprint density at radius 2 is 1.88 bits per heavy atom. The van der Waals surface area contributed by atoms with Crippen LogP contribution in [0.5, 0.6) is 11.5 Å². The maximum Gasteiger partial charge on any atom is 0.198 e. The summed E-state index contributed by atoms with van der Waals surface area (Å²) in [6, 6.07) is 10.4. The van der Waals surface area contributed by atoms with Crippen LogP contribution >= 0.6 is 0 Å². The van der Waals surface area contributed by atoms with Crippen molar-refractivity contribution in [2.45, 2.75) is 0 Å². The molecule has 0 amide bonds. The highest BCUT2D eigenvalue weighted by Gasteiger charge is 2.29. The van der Waals surface area contributed by atoms with Crippen LogP contribution in [-0.4, -0.2) is 18.0 Å². The number of hydrogen-bond donors (Lipinski definition) is 1. The Hall–Kier alpha value is -2.29. The molecule has 2 aromatic rings. The van der Waals surface area contributed by atoms with Gasteiger partial charge < -0.3 is 9.84 Å².